The van der Waals surface area contributed by atoms with Gasteiger partial charge in [-0.05, 0) is 12.1 Å². The number of hydrogen-bond acceptors (Lipinski definition) is 5. The minimum Gasteiger partial charge on any atom is -0.467 e. The second-order valence-electron chi connectivity index (χ2n) is 6.37. The third-order valence-corrected chi connectivity index (χ3v) is 5.04. The normalized spacial score (nSPS) is 23.0. The smallest absolute Gasteiger partial charge is 0.410 e. The molecule has 11 heteroatoms. The van der Waals surface area contributed by atoms with E-state index in [4.69, 9.17) is 20.8 Å². The highest BCUT2D eigenvalue weighted by atomic mass is 35.5. The molecule has 0 aliphatic carbocycles. The lowest BCUT2D eigenvalue weighted by molar-refractivity contribution is -0.174. The topological polar surface area (TPSA) is 72.5 Å². The summed E-state index contributed by atoms with van der Waals surface area (Å²) in [5.74, 6) is -0.195. The molecule has 4 rings (SSSR count). The lowest BCUT2D eigenvalue weighted by atomic mass is 10.0. The van der Waals surface area contributed by atoms with Crippen LogP contribution in [0.25, 0.3) is 0 Å². The van der Waals surface area contributed by atoms with Gasteiger partial charge in [-0.25, -0.2) is 4.68 Å². The van der Waals surface area contributed by atoms with E-state index in [-0.39, 0.29) is 23.0 Å². The van der Waals surface area contributed by atoms with Gasteiger partial charge in [0.1, 0.15) is 16.6 Å². The standard InChI is InChI=1S/C16H16ClF3N4O3/c17-12-13(15(25)23-3-6-26-7-4-23)22-24-11(16(18,19)20)8-9(21-14(12)24)10-2-1-5-27-10/h1-2,5,9,11,21H,3-4,6-8H2/t9-,11-/m0/s1. The molecule has 2 aromatic heterocycles. The Morgan fingerprint density at radius 2 is 2.07 bits per heavy atom. The number of ether oxygens (including phenoxy) is 1. The second-order valence-corrected chi connectivity index (χ2v) is 6.74. The molecule has 7 nitrogen and oxygen atoms in total. The lowest BCUT2D eigenvalue weighted by Crippen LogP contribution is -2.41. The van der Waals surface area contributed by atoms with E-state index < -0.39 is 24.2 Å². The summed E-state index contributed by atoms with van der Waals surface area (Å²) in [4.78, 5) is 14.2. The summed E-state index contributed by atoms with van der Waals surface area (Å²) in [6.45, 7) is 1.40. The molecule has 1 saturated heterocycles. The molecule has 4 heterocycles. The predicted octanol–water partition coefficient (Wildman–Crippen LogP) is 3.26. The average molecular weight is 405 g/mol. The Labute approximate surface area is 157 Å². The molecule has 0 radical (unpaired) electrons. The number of nitrogens with zero attached hydrogens (tertiary/aromatic N) is 3. The van der Waals surface area contributed by atoms with E-state index in [1.54, 1.807) is 12.1 Å². The summed E-state index contributed by atoms with van der Waals surface area (Å²) < 4.78 is 52.2. The highest BCUT2D eigenvalue weighted by Gasteiger charge is 2.48. The predicted molar refractivity (Wildman–Crippen MR) is 88.7 cm³/mol. The molecular formula is C16H16ClF3N4O3. The molecular weight excluding hydrogens is 389 g/mol. The molecule has 0 unspecified atom stereocenters. The number of carbonyl (C=O) groups excluding carboxylic acids is 1. The number of carbonyl (C=O) groups is 1. The first-order chi connectivity index (χ1) is 12.9. The van der Waals surface area contributed by atoms with Gasteiger partial charge in [0.15, 0.2) is 11.7 Å². The number of furan rings is 1. The van der Waals surface area contributed by atoms with E-state index in [0.29, 0.717) is 32.1 Å². The minimum absolute atomic E-state index is 0.0387. The highest BCUT2D eigenvalue weighted by Crippen LogP contribution is 2.46. The fraction of sp³-hybridized carbons (Fsp3) is 0.500. The molecule has 1 N–H and O–H groups in total. The molecule has 0 bridgehead atoms. The SMILES string of the molecule is O=C(c1nn2c(c1Cl)N[C@H](c1ccco1)C[C@H]2C(F)(F)F)N1CCOCC1. The van der Waals surface area contributed by atoms with Gasteiger partial charge >= 0.3 is 6.18 Å². The van der Waals surface area contributed by atoms with Gasteiger partial charge < -0.3 is 19.4 Å². The highest BCUT2D eigenvalue weighted by molar-refractivity contribution is 6.36. The largest absolute Gasteiger partial charge is 0.467 e. The molecule has 27 heavy (non-hydrogen) atoms. The number of aromatic nitrogens is 2. The molecule has 2 aliphatic heterocycles. The molecule has 2 atom stereocenters. The van der Waals surface area contributed by atoms with Crippen molar-refractivity contribution in [2.75, 3.05) is 31.6 Å². The third-order valence-electron chi connectivity index (χ3n) is 4.68. The summed E-state index contributed by atoms with van der Waals surface area (Å²) in [5, 5.41) is 6.73. The first-order valence-electron chi connectivity index (χ1n) is 8.38. The van der Waals surface area contributed by atoms with Gasteiger partial charge in [0.05, 0.1) is 25.5 Å². The minimum atomic E-state index is -4.56. The zero-order valence-electron chi connectivity index (χ0n) is 14.0. The van der Waals surface area contributed by atoms with E-state index in [1.807, 2.05) is 0 Å². The van der Waals surface area contributed by atoms with Gasteiger partial charge in [-0.15, -0.1) is 0 Å². The van der Waals surface area contributed by atoms with E-state index in [0.717, 1.165) is 4.68 Å². The number of amides is 1. The first kappa shape index (κ1) is 18.2. The number of fused-ring (bicyclic) bond motifs is 1. The molecule has 1 amide bonds. The average Bonchev–Trinajstić information content (AvgIpc) is 3.29. The van der Waals surface area contributed by atoms with Crippen molar-refractivity contribution < 1.29 is 27.1 Å². The van der Waals surface area contributed by atoms with Crippen molar-refractivity contribution in [1.82, 2.24) is 14.7 Å². The van der Waals surface area contributed by atoms with Crippen LogP contribution in [-0.4, -0.2) is 53.1 Å². The van der Waals surface area contributed by atoms with Crippen molar-refractivity contribution in [3.63, 3.8) is 0 Å². The summed E-state index contributed by atoms with van der Waals surface area (Å²) in [6, 6.07) is 0.526. The fourth-order valence-corrected chi connectivity index (χ4v) is 3.58. The van der Waals surface area contributed by atoms with Gasteiger partial charge in [0.25, 0.3) is 5.91 Å². The lowest BCUT2D eigenvalue weighted by Gasteiger charge is -2.32. The zero-order chi connectivity index (χ0) is 19.2. The van der Waals surface area contributed by atoms with Gasteiger partial charge in [0, 0.05) is 19.5 Å². The number of nitrogens with one attached hydrogen (secondary N) is 1. The van der Waals surface area contributed by atoms with Crippen LogP contribution >= 0.6 is 11.6 Å². The zero-order valence-corrected chi connectivity index (χ0v) is 14.8. The van der Waals surface area contributed by atoms with Crippen LogP contribution in [0.4, 0.5) is 19.0 Å². The number of rotatable bonds is 2. The molecule has 2 aliphatic rings. The van der Waals surface area contributed by atoms with Gasteiger partial charge in [-0.1, -0.05) is 11.6 Å². The Hall–Kier alpha value is -2.20. The molecule has 1 fully saturated rings. The third kappa shape index (κ3) is 3.27. The summed E-state index contributed by atoms with van der Waals surface area (Å²) in [7, 11) is 0. The summed E-state index contributed by atoms with van der Waals surface area (Å²) in [6.07, 6.45) is -3.50. The van der Waals surface area contributed by atoms with Crippen LogP contribution in [0.1, 0.15) is 34.8 Å². The summed E-state index contributed by atoms with van der Waals surface area (Å²) >= 11 is 6.28. The number of anilines is 1. The van der Waals surface area contributed by atoms with Gasteiger partial charge in [0.2, 0.25) is 0 Å². The maximum Gasteiger partial charge on any atom is 0.410 e. The first-order valence-corrected chi connectivity index (χ1v) is 8.75. The van der Waals surface area contributed by atoms with Crippen LogP contribution in [-0.2, 0) is 4.74 Å². The van der Waals surface area contributed by atoms with E-state index in [9.17, 15) is 18.0 Å². The second kappa shape index (κ2) is 6.75. The molecule has 2 aromatic rings. The van der Waals surface area contributed by atoms with Crippen LogP contribution in [0.15, 0.2) is 22.8 Å². The maximum atomic E-state index is 13.7. The van der Waals surface area contributed by atoms with Crippen molar-refractivity contribution in [2.45, 2.75) is 24.7 Å². The number of alkyl halides is 3. The van der Waals surface area contributed by atoms with E-state index >= 15 is 0 Å². The Bertz CT molecular complexity index is 831. The number of halogens is 4. The van der Waals surface area contributed by atoms with Crippen LogP contribution in [0, 0.1) is 0 Å². The van der Waals surface area contributed by atoms with Crippen LogP contribution in [0.3, 0.4) is 0 Å². The fourth-order valence-electron chi connectivity index (χ4n) is 3.32. The number of morpholine rings is 1. The van der Waals surface area contributed by atoms with E-state index in [2.05, 4.69) is 10.4 Å². The van der Waals surface area contributed by atoms with Crippen molar-refractivity contribution >= 4 is 23.3 Å². The van der Waals surface area contributed by atoms with Crippen molar-refractivity contribution in [2.24, 2.45) is 0 Å². The molecule has 0 aromatic carbocycles. The van der Waals surface area contributed by atoms with E-state index in [1.165, 1.54) is 11.2 Å². The monoisotopic (exact) mass is 404 g/mol. The van der Waals surface area contributed by atoms with Crippen molar-refractivity contribution in [1.29, 1.82) is 0 Å². The Morgan fingerprint density at radius 3 is 2.70 bits per heavy atom. The Balaban J connectivity index is 1.72. The Kier molecular flexibility index (Phi) is 4.55. The summed E-state index contributed by atoms with van der Waals surface area (Å²) in [5.41, 5.74) is -0.199. The van der Waals surface area contributed by atoms with Gasteiger partial charge in [-0.2, -0.15) is 18.3 Å². The number of hydrogen-bond donors (Lipinski definition) is 1. The van der Waals surface area contributed by atoms with Crippen LogP contribution in [0.2, 0.25) is 5.02 Å². The Morgan fingerprint density at radius 1 is 1.33 bits per heavy atom. The maximum absolute atomic E-state index is 13.7. The molecule has 146 valence electrons. The molecule has 0 saturated carbocycles. The van der Waals surface area contributed by atoms with Crippen molar-refractivity contribution in [3.8, 4) is 0 Å². The van der Waals surface area contributed by atoms with Crippen LogP contribution in [0.5, 0.6) is 0 Å². The quantitative estimate of drug-likeness (QED) is 0.831. The molecule has 0 spiro atoms. The van der Waals surface area contributed by atoms with Gasteiger partial charge in [-0.3, -0.25) is 4.79 Å². The van der Waals surface area contributed by atoms with Crippen LogP contribution < -0.4 is 5.32 Å². The van der Waals surface area contributed by atoms with Crippen molar-refractivity contribution in [3.05, 3.63) is 34.9 Å².